The molecule has 0 bridgehead atoms. The van der Waals surface area contributed by atoms with E-state index in [1.807, 2.05) is 0 Å². The second kappa shape index (κ2) is 4.60. The van der Waals surface area contributed by atoms with Crippen LogP contribution >= 0.6 is 11.6 Å². The number of halogens is 1. The first kappa shape index (κ1) is 7.44. The second-order valence-electron chi connectivity index (χ2n) is 1.29. The van der Waals surface area contributed by atoms with Gasteiger partial charge in [-0.3, -0.25) is 4.79 Å². The molecule has 8 heavy (non-hydrogen) atoms. The fourth-order valence-electron chi connectivity index (χ4n) is 0.233. The molecule has 0 heterocycles. The average molecular weight is 131 g/mol. The van der Waals surface area contributed by atoms with Crippen LogP contribution in [-0.4, -0.2) is 5.78 Å². The Kier molecular flexibility index (Phi) is 4.27. The highest BCUT2D eigenvalue weighted by atomic mass is 35.5. The lowest BCUT2D eigenvalue weighted by atomic mass is 10.4. The molecule has 0 amide bonds. The maximum atomic E-state index is 10.2. The van der Waals surface area contributed by atoms with Gasteiger partial charge in [0, 0.05) is 5.54 Å². The van der Waals surface area contributed by atoms with Crippen LogP contribution in [0.1, 0.15) is 6.92 Å². The molecule has 0 fully saturated rings. The maximum absolute atomic E-state index is 10.2. The Bertz CT molecular complexity index is 124. The standard InChI is InChI=1S/C6H7ClO/c1-6(8)4-2-3-5-7/h2-5H,1H3/b4-2+,5-3-. The average Bonchev–Trinajstić information content (AvgIpc) is 1.66. The first-order valence-electron chi connectivity index (χ1n) is 2.21. The summed E-state index contributed by atoms with van der Waals surface area (Å²) in [5.41, 5.74) is 1.35. The molecule has 0 radical (unpaired) electrons. The number of carbonyl (C=O) groups is 1. The van der Waals surface area contributed by atoms with Gasteiger partial charge in [0.15, 0.2) is 5.78 Å². The van der Waals surface area contributed by atoms with Crippen molar-refractivity contribution in [1.82, 2.24) is 0 Å². The first-order chi connectivity index (χ1) is 3.77. The van der Waals surface area contributed by atoms with Gasteiger partial charge in [-0.1, -0.05) is 23.8 Å². The largest absolute Gasteiger partial charge is 0.295 e. The van der Waals surface area contributed by atoms with Crippen molar-refractivity contribution in [2.45, 2.75) is 6.92 Å². The van der Waals surface area contributed by atoms with E-state index >= 15 is 0 Å². The zero-order chi connectivity index (χ0) is 6.41. The van der Waals surface area contributed by atoms with Crippen molar-refractivity contribution < 1.29 is 4.79 Å². The van der Waals surface area contributed by atoms with Crippen LogP contribution in [0.3, 0.4) is 0 Å². The second-order valence-corrected chi connectivity index (χ2v) is 1.54. The van der Waals surface area contributed by atoms with Gasteiger partial charge < -0.3 is 0 Å². The quantitative estimate of drug-likeness (QED) is 0.412. The molecule has 0 atom stereocenters. The molecule has 0 N–H and O–H groups in total. The molecule has 0 aliphatic heterocycles. The van der Waals surface area contributed by atoms with Crippen LogP contribution in [-0.2, 0) is 4.79 Å². The number of rotatable bonds is 2. The first-order valence-corrected chi connectivity index (χ1v) is 2.65. The van der Waals surface area contributed by atoms with Gasteiger partial charge in [0.05, 0.1) is 0 Å². The SMILES string of the molecule is CC(=O)/C=C/C=C\Cl. The lowest BCUT2D eigenvalue weighted by Crippen LogP contribution is -1.76. The van der Waals surface area contributed by atoms with Crippen molar-refractivity contribution in [1.29, 1.82) is 0 Å². The lowest BCUT2D eigenvalue weighted by Gasteiger charge is -1.71. The lowest BCUT2D eigenvalue weighted by molar-refractivity contribution is -0.112. The van der Waals surface area contributed by atoms with Crippen molar-refractivity contribution in [2.75, 3.05) is 0 Å². The van der Waals surface area contributed by atoms with Gasteiger partial charge in [-0.2, -0.15) is 0 Å². The van der Waals surface area contributed by atoms with Crippen LogP contribution in [0.15, 0.2) is 23.8 Å². The van der Waals surface area contributed by atoms with E-state index in [2.05, 4.69) is 0 Å². The van der Waals surface area contributed by atoms with E-state index in [-0.39, 0.29) is 5.78 Å². The maximum Gasteiger partial charge on any atom is 0.152 e. The van der Waals surface area contributed by atoms with Gasteiger partial charge in [-0.25, -0.2) is 0 Å². The van der Waals surface area contributed by atoms with Gasteiger partial charge in [0.25, 0.3) is 0 Å². The smallest absolute Gasteiger partial charge is 0.152 e. The van der Waals surface area contributed by atoms with Crippen LogP contribution in [0.25, 0.3) is 0 Å². The van der Waals surface area contributed by atoms with E-state index in [1.165, 1.54) is 18.5 Å². The highest BCUT2D eigenvalue weighted by Crippen LogP contribution is 1.80. The van der Waals surface area contributed by atoms with E-state index in [0.29, 0.717) is 0 Å². The Morgan fingerprint density at radius 3 is 2.50 bits per heavy atom. The number of carbonyl (C=O) groups excluding carboxylic acids is 1. The summed E-state index contributed by atoms with van der Waals surface area (Å²) in [6, 6.07) is 0. The van der Waals surface area contributed by atoms with Crippen LogP contribution in [0.2, 0.25) is 0 Å². The van der Waals surface area contributed by atoms with Crippen molar-refractivity contribution in [3.05, 3.63) is 23.8 Å². The highest BCUT2D eigenvalue weighted by Gasteiger charge is 1.75. The van der Waals surface area contributed by atoms with Crippen molar-refractivity contribution in [3.8, 4) is 0 Å². The summed E-state index contributed by atoms with van der Waals surface area (Å²) < 4.78 is 0. The van der Waals surface area contributed by atoms with Crippen molar-refractivity contribution in [2.24, 2.45) is 0 Å². The summed E-state index contributed by atoms with van der Waals surface area (Å²) in [6.45, 7) is 1.48. The van der Waals surface area contributed by atoms with Gasteiger partial charge in [0.1, 0.15) is 0 Å². The molecule has 0 rings (SSSR count). The zero-order valence-corrected chi connectivity index (χ0v) is 5.35. The summed E-state index contributed by atoms with van der Waals surface area (Å²) in [4.78, 5) is 10.2. The Labute approximate surface area is 53.6 Å². The van der Waals surface area contributed by atoms with Crippen LogP contribution in [0.5, 0.6) is 0 Å². The third-order valence-electron chi connectivity index (χ3n) is 0.515. The Morgan fingerprint density at radius 2 is 2.12 bits per heavy atom. The molecule has 0 spiro atoms. The van der Waals surface area contributed by atoms with E-state index in [4.69, 9.17) is 11.6 Å². The summed E-state index contributed by atoms with van der Waals surface area (Å²) >= 11 is 5.14. The number of allylic oxidation sites excluding steroid dienone is 3. The molecule has 1 nitrogen and oxygen atoms in total. The van der Waals surface area contributed by atoms with Crippen LogP contribution < -0.4 is 0 Å². The Balaban J connectivity index is 3.50. The van der Waals surface area contributed by atoms with Crippen molar-refractivity contribution in [3.63, 3.8) is 0 Å². The Hall–Kier alpha value is -0.560. The zero-order valence-electron chi connectivity index (χ0n) is 4.60. The normalized spacial score (nSPS) is 11.2. The summed E-state index contributed by atoms with van der Waals surface area (Å²) in [5.74, 6) is 0.0276. The molecule has 0 unspecified atom stereocenters. The van der Waals surface area contributed by atoms with E-state index < -0.39 is 0 Å². The molecule has 0 aromatic rings. The molecular weight excluding hydrogens is 124 g/mol. The molecule has 0 aliphatic rings. The summed E-state index contributed by atoms with van der Waals surface area (Å²) in [5, 5.41) is 0. The molecule has 44 valence electrons. The van der Waals surface area contributed by atoms with Gasteiger partial charge >= 0.3 is 0 Å². The predicted molar refractivity (Wildman–Crippen MR) is 34.8 cm³/mol. The number of ketones is 1. The minimum atomic E-state index is 0.0276. The minimum Gasteiger partial charge on any atom is -0.295 e. The third-order valence-corrected chi connectivity index (χ3v) is 0.660. The predicted octanol–water partition coefficient (Wildman–Crippen LogP) is 1.88. The molecular formula is C6H7ClO. The number of hydrogen-bond acceptors (Lipinski definition) is 1. The number of hydrogen-bond donors (Lipinski definition) is 0. The van der Waals surface area contributed by atoms with E-state index in [9.17, 15) is 4.79 Å². The molecule has 0 saturated heterocycles. The molecule has 0 aromatic carbocycles. The summed E-state index contributed by atoms with van der Waals surface area (Å²) in [6.07, 6.45) is 4.62. The molecule has 0 aliphatic carbocycles. The molecule has 0 saturated carbocycles. The fraction of sp³-hybridized carbons (Fsp3) is 0.167. The highest BCUT2D eigenvalue weighted by molar-refractivity contribution is 6.25. The van der Waals surface area contributed by atoms with Crippen LogP contribution in [0, 0.1) is 0 Å². The van der Waals surface area contributed by atoms with Gasteiger partial charge in [0.2, 0.25) is 0 Å². The van der Waals surface area contributed by atoms with Crippen LogP contribution in [0.4, 0.5) is 0 Å². The third kappa shape index (κ3) is 5.44. The van der Waals surface area contributed by atoms with Crippen molar-refractivity contribution >= 4 is 17.4 Å². The minimum absolute atomic E-state index is 0.0276. The molecule has 0 aromatic heterocycles. The topological polar surface area (TPSA) is 17.1 Å². The van der Waals surface area contributed by atoms with Gasteiger partial charge in [-0.15, -0.1) is 0 Å². The monoisotopic (exact) mass is 130 g/mol. The van der Waals surface area contributed by atoms with Gasteiger partial charge in [-0.05, 0) is 13.0 Å². The summed E-state index contributed by atoms with van der Waals surface area (Å²) in [7, 11) is 0. The Morgan fingerprint density at radius 1 is 1.50 bits per heavy atom. The fourth-order valence-corrected chi connectivity index (χ4v) is 0.317. The van der Waals surface area contributed by atoms with E-state index in [1.54, 1.807) is 12.2 Å². The molecule has 2 heteroatoms. The van der Waals surface area contributed by atoms with E-state index in [0.717, 1.165) is 0 Å².